The summed E-state index contributed by atoms with van der Waals surface area (Å²) in [6.07, 6.45) is 4.46. The van der Waals surface area contributed by atoms with Gasteiger partial charge in [0.05, 0.1) is 6.10 Å². The Morgan fingerprint density at radius 3 is 3.00 bits per heavy atom. The number of ether oxygens (including phenoxy) is 1. The number of rotatable bonds is 4. The molecule has 0 spiro atoms. The standard InChI is InChI=1S/C7H12B2INO2/c1-2-5-3-4-6(13-5)7(12)11-9-8-10/h3-6,8-9H,2H2,1H3,(H,11,12). The zero-order valence-electron chi connectivity index (χ0n) is 7.63. The van der Waals surface area contributed by atoms with E-state index in [4.69, 9.17) is 4.74 Å². The minimum absolute atomic E-state index is 0.0242. The normalized spacial score (nSPS) is 25.7. The van der Waals surface area contributed by atoms with Crippen LogP contribution in [0.2, 0.25) is 0 Å². The lowest BCUT2D eigenvalue weighted by Gasteiger charge is -2.11. The molecule has 2 unspecified atom stereocenters. The van der Waals surface area contributed by atoms with Crippen LogP contribution < -0.4 is 5.23 Å². The topological polar surface area (TPSA) is 38.3 Å². The maximum absolute atomic E-state index is 11.4. The van der Waals surface area contributed by atoms with Crippen LogP contribution in [-0.4, -0.2) is 30.4 Å². The van der Waals surface area contributed by atoms with Crippen molar-refractivity contribution in [2.45, 2.75) is 25.6 Å². The summed E-state index contributed by atoms with van der Waals surface area (Å²) in [6, 6.07) is 0. The van der Waals surface area contributed by atoms with Crippen LogP contribution in [-0.2, 0) is 9.53 Å². The van der Waals surface area contributed by atoms with Gasteiger partial charge in [-0.05, 0) is 12.5 Å². The van der Waals surface area contributed by atoms with Gasteiger partial charge in [-0.3, -0.25) is 4.79 Å². The van der Waals surface area contributed by atoms with Gasteiger partial charge in [0.2, 0.25) is 13.2 Å². The molecule has 0 saturated carbocycles. The summed E-state index contributed by atoms with van der Waals surface area (Å²) in [5.41, 5.74) is 0. The summed E-state index contributed by atoms with van der Waals surface area (Å²) in [6.45, 7) is 2.04. The molecule has 1 N–H and O–H groups in total. The van der Waals surface area contributed by atoms with E-state index in [1.165, 1.54) is 0 Å². The number of hydrogen-bond donors (Lipinski definition) is 1. The molecule has 0 radical (unpaired) electrons. The largest absolute Gasteiger partial charge is 0.406 e. The molecule has 0 bridgehead atoms. The van der Waals surface area contributed by atoms with E-state index >= 15 is 0 Å². The molecule has 6 heteroatoms. The van der Waals surface area contributed by atoms with Crippen molar-refractivity contribution >= 4 is 40.6 Å². The van der Waals surface area contributed by atoms with Crippen molar-refractivity contribution in [2.75, 3.05) is 0 Å². The van der Waals surface area contributed by atoms with Crippen molar-refractivity contribution in [3.8, 4) is 0 Å². The van der Waals surface area contributed by atoms with Crippen molar-refractivity contribution in [1.82, 2.24) is 5.23 Å². The summed E-state index contributed by atoms with van der Waals surface area (Å²) in [7, 11) is 0.712. The maximum Gasteiger partial charge on any atom is 0.240 e. The average molecular weight is 291 g/mol. The number of nitrogens with one attached hydrogen (secondary N) is 1. The van der Waals surface area contributed by atoms with Crippen LogP contribution in [0.3, 0.4) is 0 Å². The molecule has 1 aliphatic heterocycles. The quantitative estimate of drug-likeness (QED) is 0.446. The number of carbonyl (C=O) groups excluding carboxylic acids is 1. The zero-order valence-corrected chi connectivity index (χ0v) is 9.78. The molecule has 0 saturated heterocycles. The minimum Gasteiger partial charge on any atom is -0.406 e. The lowest BCUT2D eigenvalue weighted by atomic mass is 9.67. The highest BCUT2D eigenvalue weighted by molar-refractivity contribution is 14.1. The number of amides is 1. The molecule has 70 valence electrons. The Kier molecular flexibility index (Phi) is 4.87. The van der Waals surface area contributed by atoms with E-state index in [9.17, 15) is 4.79 Å². The van der Waals surface area contributed by atoms with E-state index in [1.54, 1.807) is 0 Å². The lowest BCUT2D eigenvalue weighted by molar-refractivity contribution is -0.128. The smallest absolute Gasteiger partial charge is 0.240 e. The second-order valence-electron chi connectivity index (χ2n) is 2.87. The van der Waals surface area contributed by atoms with Crippen molar-refractivity contribution < 1.29 is 9.53 Å². The molecule has 1 heterocycles. The van der Waals surface area contributed by atoms with Gasteiger partial charge in [-0.2, -0.15) is 22.4 Å². The molecule has 3 nitrogen and oxygen atoms in total. The summed E-state index contributed by atoms with van der Waals surface area (Å²) in [4.78, 5) is 11.4. The van der Waals surface area contributed by atoms with Crippen LogP contribution in [0.25, 0.3) is 0 Å². The monoisotopic (exact) mass is 291 g/mol. The second kappa shape index (κ2) is 5.70. The van der Waals surface area contributed by atoms with E-state index in [1.807, 2.05) is 19.1 Å². The zero-order chi connectivity index (χ0) is 9.68. The molecule has 0 aromatic carbocycles. The summed E-state index contributed by atoms with van der Waals surface area (Å²) >= 11 is 2.22. The predicted octanol–water partition coefficient (Wildman–Crippen LogP) is -0.111. The van der Waals surface area contributed by atoms with Crippen LogP contribution in [0.15, 0.2) is 12.2 Å². The average Bonchev–Trinajstić information content (AvgIpc) is 2.62. The fourth-order valence-electron chi connectivity index (χ4n) is 1.16. The Hall–Kier alpha value is 0.0299. The van der Waals surface area contributed by atoms with Crippen molar-refractivity contribution in [1.29, 1.82) is 0 Å². The Morgan fingerprint density at radius 2 is 2.46 bits per heavy atom. The fraction of sp³-hybridized carbons (Fsp3) is 0.571. The Bertz CT molecular complexity index is 213. The molecule has 13 heavy (non-hydrogen) atoms. The number of carbonyl (C=O) groups is 1. The predicted molar refractivity (Wildman–Crippen MR) is 64.6 cm³/mol. The Balaban J connectivity index is 2.30. The van der Waals surface area contributed by atoms with Gasteiger partial charge in [0, 0.05) is 0 Å². The first-order valence-corrected chi connectivity index (χ1v) is 5.98. The lowest BCUT2D eigenvalue weighted by Crippen LogP contribution is -2.38. The van der Waals surface area contributed by atoms with Crippen LogP contribution in [0.1, 0.15) is 13.3 Å². The third-order valence-corrected chi connectivity index (χ3v) is 2.42. The van der Waals surface area contributed by atoms with Crippen molar-refractivity contribution in [2.24, 2.45) is 0 Å². The van der Waals surface area contributed by atoms with Crippen molar-refractivity contribution in [3.63, 3.8) is 0 Å². The van der Waals surface area contributed by atoms with Gasteiger partial charge in [0.15, 0.2) is 11.1 Å². The Labute approximate surface area is 93.0 Å². The summed E-state index contributed by atoms with van der Waals surface area (Å²) in [5, 5.41) is 3.72. The number of hydrogen-bond acceptors (Lipinski definition) is 2. The highest BCUT2D eigenvalue weighted by Crippen LogP contribution is 2.13. The second-order valence-corrected chi connectivity index (χ2v) is 3.95. The van der Waals surface area contributed by atoms with E-state index in [0.29, 0.717) is 7.31 Å². The molecular weight excluding hydrogens is 279 g/mol. The van der Waals surface area contributed by atoms with Gasteiger partial charge in [0.25, 0.3) is 0 Å². The van der Waals surface area contributed by atoms with Crippen LogP contribution in [0, 0.1) is 0 Å². The van der Waals surface area contributed by atoms with Gasteiger partial charge in [0.1, 0.15) is 0 Å². The van der Waals surface area contributed by atoms with E-state index in [2.05, 4.69) is 27.6 Å². The third kappa shape index (κ3) is 3.34. The van der Waals surface area contributed by atoms with Gasteiger partial charge < -0.3 is 9.96 Å². The Morgan fingerprint density at radius 1 is 1.69 bits per heavy atom. The van der Waals surface area contributed by atoms with Crippen molar-refractivity contribution in [3.05, 3.63) is 12.2 Å². The molecule has 1 amide bonds. The first kappa shape index (κ1) is 11.1. The first-order valence-electron chi connectivity index (χ1n) is 4.45. The van der Waals surface area contributed by atoms with Gasteiger partial charge in [-0.1, -0.05) is 13.0 Å². The minimum atomic E-state index is -0.368. The highest BCUT2D eigenvalue weighted by Gasteiger charge is 2.23. The van der Waals surface area contributed by atoms with Gasteiger partial charge in [-0.25, -0.2) is 0 Å². The first-order chi connectivity index (χ1) is 6.27. The molecule has 0 aromatic heterocycles. The highest BCUT2D eigenvalue weighted by atomic mass is 127. The van der Waals surface area contributed by atoms with Crippen LogP contribution in [0.4, 0.5) is 0 Å². The van der Waals surface area contributed by atoms with Crippen LogP contribution >= 0.6 is 22.4 Å². The third-order valence-electron chi connectivity index (χ3n) is 1.88. The fourth-order valence-corrected chi connectivity index (χ4v) is 1.43. The van der Waals surface area contributed by atoms with E-state index in [0.717, 1.165) is 11.4 Å². The van der Waals surface area contributed by atoms with Gasteiger partial charge in [-0.15, -0.1) is 0 Å². The SMILES string of the molecule is CCC1C=CC(C(=O)NBBI)O1. The van der Waals surface area contributed by atoms with Crippen LogP contribution in [0.5, 0.6) is 0 Å². The molecular formula is C7H12B2INO2. The van der Waals surface area contributed by atoms with E-state index in [-0.39, 0.29) is 18.1 Å². The molecule has 0 aromatic rings. The van der Waals surface area contributed by atoms with E-state index < -0.39 is 0 Å². The van der Waals surface area contributed by atoms with Gasteiger partial charge >= 0.3 is 0 Å². The molecule has 0 fully saturated rings. The molecule has 1 aliphatic rings. The molecule has 0 aliphatic carbocycles. The molecule has 2 atom stereocenters. The number of halogens is 1. The summed E-state index contributed by atoms with van der Waals surface area (Å²) in [5.74, 6) is -0.0242. The maximum atomic E-state index is 11.4. The molecule has 1 rings (SSSR count). The summed E-state index contributed by atoms with van der Waals surface area (Å²) < 4.78 is 5.44.